The van der Waals surface area contributed by atoms with Crippen molar-refractivity contribution >= 4 is 50.0 Å². The highest BCUT2D eigenvalue weighted by atomic mass is 35.5. The molecule has 2 aromatic carbocycles. The number of phenols is 1. The lowest BCUT2D eigenvalue weighted by atomic mass is 9.93. The molecule has 2 aromatic heterocycles. The fourth-order valence-corrected chi connectivity index (χ4v) is 4.96. The molecular weight excluding hydrogens is 450 g/mol. The van der Waals surface area contributed by atoms with Crippen LogP contribution in [0.25, 0.3) is 10.2 Å². The largest absolute Gasteiger partial charge is 0.508 e. The maximum atomic E-state index is 13.3. The van der Waals surface area contributed by atoms with Gasteiger partial charge in [0, 0.05) is 18.0 Å². The Kier molecular flexibility index (Phi) is 4.88. The van der Waals surface area contributed by atoms with E-state index in [1.165, 1.54) is 40.8 Å². The van der Waals surface area contributed by atoms with Crippen LogP contribution in [0.1, 0.15) is 22.0 Å². The lowest BCUT2D eigenvalue weighted by molar-refractivity contribution is -0.117. The standard InChI is InChI=1S/C23H14ClN3O4S/c24-15-4-1-5-16-18(15)26-23(32-16)27-19(12-6-8-14(28)9-7-12)17(21(30)22(27)31)20(29)13-3-2-10-25-11-13/h1-11,19,28,30H. The second kappa shape index (κ2) is 7.74. The number of aliphatic hydroxyl groups excluding tert-OH is 1. The van der Waals surface area contributed by atoms with Gasteiger partial charge in [-0.05, 0) is 42.0 Å². The first-order valence-electron chi connectivity index (χ1n) is 9.51. The van der Waals surface area contributed by atoms with E-state index >= 15 is 0 Å². The molecule has 9 heteroatoms. The minimum Gasteiger partial charge on any atom is -0.508 e. The Morgan fingerprint density at radius 2 is 1.84 bits per heavy atom. The van der Waals surface area contributed by atoms with Gasteiger partial charge in [0.1, 0.15) is 11.3 Å². The number of nitrogens with zero attached hydrogens (tertiary/aromatic N) is 3. The number of benzene rings is 2. The van der Waals surface area contributed by atoms with Gasteiger partial charge in [-0.1, -0.05) is 41.1 Å². The fraction of sp³-hybridized carbons (Fsp3) is 0.0435. The third-order valence-electron chi connectivity index (χ3n) is 5.15. The molecule has 7 nitrogen and oxygen atoms in total. The predicted molar refractivity (Wildman–Crippen MR) is 121 cm³/mol. The number of hydrogen-bond donors (Lipinski definition) is 2. The quantitative estimate of drug-likeness (QED) is 0.420. The smallest absolute Gasteiger partial charge is 0.296 e. The van der Waals surface area contributed by atoms with Crippen LogP contribution in [0.2, 0.25) is 5.02 Å². The van der Waals surface area contributed by atoms with Crippen molar-refractivity contribution in [3.63, 3.8) is 0 Å². The summed E-state index contributed by atoms with van der Waals surface area (Å²) in [7, 11) is 0. The van der Waals surface area contributed by atoms with Crippen LogP contribution < -0.4 is 4.90 Å². The molecule has 0 spiro atoms. The summed E-state index contributed by atoms with van der Waals surface area (Å²) in [6.45, 7) is 0. The van der Waals surface area contributed by atoms with Gasteiger partial charge in [0.2, 0.25) is 0 Å². The molecule has 1 unspecified atom stereocenters. The number of aromatic nitrogens is 2. The average molecular weight is 464 g/mol. The van der Waals surface area contributed by atoms with Gasteiger partial charge in [-0.15, -0.1) is 0 Å². The highest BCUT2D eigenvalue weighted by Gasteiger charge is 2.46. The third-order valence-corrected chi connectivity index (χ3v) is 6.47. The molecule has 0 saturated carbocycles. The minimum absolute atomic E-state index is 0.0322. The second-order valence-corrected chi connectivity index (χ2v) is 8.50. The number of hydrogen-bond acceptors (Lipinski definition) is 7. The van der Waals surface area contributed by atoms with Crippen LogP contribution in [0.5, 0.6) is 5.75 Å². The van der Waals surface area contributed by atoms with Gasteiger partial charge in [0.25, 0.3) is 5.91 Å². The third kappa shape index (κ3) is 3.21. The number of pyridine rings is 1. The number of amides is 1. The van der Waals surface area contributed by atoms with Crippen molar-refractivity contribution in [3.05, 3.63) is 94.5 Å². The maximum absolute atomic E-state index is 13.3. The van der Waals surface area contributed by atoms with Crippen LogP contribution in [0.15, 0.2) is 78.3 Å². The molecule has 3 heterocycles. The van der Waals surface area contributed by atoms with E-state index in [4.69, 9.17) is 11.6 Å². The summed E-state index contributed by atoms with van der Waals surface area (Å²) in [5.41, 5.74) is 1.20. The normalized spacial score (nSPS) is 16.2. The summed E-state index contributed by atoms with van der Waals surface area (Å²) in [4.78, 5) is 36.3. The number of fused-ring (bicyclic) bond motifs is 1. The number of aliphatic hydroxyl groups is 1. The summed E-state index contributed by atoms with van der Waals surface area (Å²) in [6.07, 6.45) is 2.90. The van der Waals surface area contributed by atoms with E-state index in [2.05, 4.69) is 9.97 Å². The van der Waals surface area contributed by atoms with E-state index in [1.807, 2.05) is 6.07 Å². The molecule has 4 aromatic rings. The van der Waals surface area contributed by atoms with Gasteiger partial charge in [0.15, 0.2) is 16.7 Å². The van der Waals surface area contributed by atoms with E-state index in [0.717, 1.165) is 4.70 Å². The van der Waals surface area contributed by atoms with Gasteiger partial charge in [-0.25, -0.2) is 4.98 Å². The number of halogens is 1. The fourth-order valence-electron chi connectivity index (χ4n) is 3.67. The first kappa shape index (κ1) is 20.2. The van der Waals surface area contributed by atoms with Gasteiger partial charge >= 0.3 is 0 Å². The Morgan fingerprint density at radius 1 is 1.06 bits per heavy atom. The average Bonchev–Trinajstić information content (AvgIpc) is 3.34. The van der Waals surface area contributed by atoms with E-state index in [1.54, 1.807) is 36.4 Å². The number of thiazole rings is 1. The molecule has 1 aliphatic heterocycles. The summed E-state index contributed by atoms with van der Waals surface area (Å²) < 4.78 is 0.760. The molecule has 32 heavy (non-hydrogen) atoms. The van der Waals surface area contributed by atoms with Crippen LogP contribution >= 0.6 is 22.9 Å². The molecule has 0 fully saturated rings. The number of anilines is 1. The van der Waals surface area contributed by atoms with E-state index in [0.29, 0.717) is 16.1 Å². The van der Waals surface area contributed by atoms with Crippen molar-refractivity contribution < 1.29 is 19.8 Å². The molecule has 0 saturated heterocycles. The topological polar surface area (TPSA) is 104 Å². The van der Waals surface area contributed by atoms with E-state index < -0.39 is 23.5 Å². The van der Waals surface area contributed by atoms with E-state index in [9.17, 15) is 19.8 Å². The number of carbonyl (C=O) groups is 2. The van der Waals surface area contributed by atoms with Crippen LogP contribution in [0, 0.1) is 0 Å². The first-order valence-corrected chi connectivity index (χ1v) is 10.7. The zero-order chi connectivity index (χ0) is 22.4. The van der Waals surface area contributed by atoms with Crippen LogP contribution in [0.3, 0.4) is 0 Å². The molecule has 2 N–H and O–H groups in total. The number of rotatable bonds is 4. The second-order valence-electron chi connectivity index (χ2n) is 7.09. The Bertz CT molecular complexity index is 1400. The van der Waals surface area contributed by atoms with E-state index in [-0.39, 0.29) is 22.0 Å². The van der Waals surface area contributed by atoms with Crippen LogP contribution in [-0.2, 0) is 4.79 Å². The molecule has 0 aliphatic carbocycles. The summed E-state index contributed by atoms with van der Waals surface area (Å²) in [5.74, 6) is -1.89. The minimum atomic E-state index is -0.949. The molecule has 1 aliphatic rings. The number of para-hydroxylation sites is 1. The van der Waals surface area contributed by atoms with Crippen molar-refractivity contribution in [2.24, 2.45) is 0 Å². The number of carbonyl (C=O) groups excluding carboxylic acids is 2. The summed E-state index contributed by atoms with van der Waals surface area (Å²) in [6, 6.07) is 13.6. The molecular formula is C23H14ClN3O4S. The number of phenolic OH excluding ortho intramolecular Hbond substituents is 1. The van der Waals surface area contributed by atoms with Crippen LogP contribution in [0.4, 0.5) is 5.13 Å². The Morgan fingerprint density at radius 3 is 2.53 bits per heavy atom. The van der Waals surface area contributed by atoms with Crippen molar-refractivity contribution in [3.8, 4) is 5.75 Å². The zero-order valence-electron chi connectivity index (χ0n) is 16.3. The molecule has 0 radical (unpaired) electrons. The van der Waals surface area contributed by atoms with Crippen molar-refractivity contribution in [1.29, 1.82) is 0 Å². The van der Waals surface area contributed by atoms with Crippen molar-refractivity contribution in [2.75, 3.05) is 4.90 Å². The lowest BCUT2D eigenvalue weighted by Crippen LogP contribution is -2.31. The summed E-state index contributed by atoms with van der Waals surface area (Å²) >= 11 is 7.49. The molecule has 1 amide bonds. The SMILES string of the molecule is O=C(C1=C(O)C(=O)N(c2nc3c(Cl)cccc3s2)C1c1ccc(O)cc1)c1cccnc1. The maximum Gasteiger partial charge on any atom is 0.296 e. The number of Topliss-reactive ketones (excluding diaryl/α,β-unsaturated/α-hetero) is 1. The highest BCUT2D eigenvalue weighted by Crippen LogP contribution is 2.44. The Labute approximate surface area is 190 Å². The molecule has 0 bridgehead atoms. The lowest BCUT2D eigenvalue weighted by Gasteiger charge is -2.24. The zero-order valence-corrected chi connectivity index (χ0v) is 17.8. The van der Waals surface area contributed by atoms with Gasteiger partial charge < -0.3 is 10.2 Å². The predicted octanol–water partition coefficient (Wildman–Crippen LogP) is 4.83. The molecule has 1 atom stereocenters. The number of aromatic hydroxyl groups is 1. The summed E-state index contributed by atoms with van der Waals surface area (Å²) in [5, 5.41) is 21.2. The monoisotopic (exact) mass is 463 g/mol. The van der Waals surface area contributed by atoms with Gasteiger partial charge in [0.05, 0.1) is 21.3 Å². The van der Waals surface area contributed by atoms with Crippen molar-refractivity contribution in [1.82, 2.24) is 9.97 Å². The van der Waals surface area contributed by atoms with Gasteiger partial charge in [-0.2, -0.15) is 0 Å². The Balaban J connectivity index is 1.69. The Hall–Kier alpha value is -3.75. The van der Waals surface area contributed by atoms with Crippen LogP contribution in [-0.4, -0.2) is 31.9 Å². The first-order chi connectivity index (χ1) is 15.5. The molecule has 158 valence electrons. The molecule has 5 rings (SSSR count). The highest BCUT2D eigenvalue weighted by molar-refractivity contribution is 7.22. The number of ketones is 1. The van der Waals surface area contributed by atoms with Gasteiger partial charge in [-0.3, -0.25) is 19.5 Å². The van der Waals surface area contributed by atoms with Crippen molar-refractivity contribution in [2.45, 2.75) is 6.04 Å².